The molecule has 1 fully saturated rings. The van der Waals surface area contributed by atoms with Gasteiger partial charge in [-0.05, 0) is 37.6 Å². The van der Waals surface area contributed by atoms with Crippen LogP contribution in [0.1, 0.15) is 17.7 Å². The van der Waals surface area contributed by atoms with Gasteiger partial charge in [0.2, 0.25) is 0 Å². The molecule has 0 radical (unpaired) electrons. The number of likely N-dealkylation sites (tertiary alicyclic amines) is 1. The number of hydrogen-bond acceptors (Lipinski definition) is 8. The largest absolute Gasteiger partial charge is 0.497 e. The molecule has 0 bridgehead atoms. The molecule has 8 nitrogen and oxygen atoms in total. The van der Waals surface area contributed by atoms with Crippen LogP contribution in [0.4, 0.5) is 4.39 Å². The molecule has 1 aromatic carbocycles. The van der Waals surface area contributed by atoms with Crippen LogP contribution >= 0.6 is 0 Å². The van der Waals surface area contributed by atoms with E-state index in [0.717, 1.165) is 29.6 Å². The number of methoxy groups -OCH3 is 1. The van der Waals surface area contributed by atoms with Gasteiger partial charge >= 0.3 is 0 Å². The summed E-state index contributed by atoms with van der Waals surface area (Å²) >= 11 is 0. The van der Waals surface area contributed by atoms with E-state index in [0.29, 0.717) is 62.1 Å². The molecule has 0 unspecified atom stereocenters. The van der Waals surface area contributed by atoms with Crippen molar-refractivity contribution in [2.24, 2.45) is 0 Å². The second-order valence-electron chi connectivity index (χ2n) is 8.68. The summed E-state index contributed by atoms with van der Waals surface area (Å²) in [7, 11) is 1.59. The normalized spacial score (nSPS) is 20.4. The first-order chi connectivity index (χ1) is 16.6. The zero-order chi connectivity index (χ0) is 23.5. The Kier molecular flexibility index (Phi) is 6.75. The summed E-state index contributed by atoms with van der Waals surface area (Å²) in [5, 5.41) is 14.9. The highest BCUT2D eigenvalue weighted by molar-refractivity contribution is 5.83. The summed E-state index contributed by atoms with van der Waals surface area (Å²) in [5.74, 6) is 1.74. The molecule has 0 saturated carbocycles. The number of fused-ring (bicyclic) bond motifs is 2. The Hall–Kier alpha value is -3.01. The third-order valence-corrected chi connectivity index (χ3v) is 6.51. The van der Waals surface area contributed by atoms with E-state index in [1.54, 1.807) is 13.3 Å². The zero-order valence-corrected chi connectivity index (χ0v) is 19.2. The maximum atomic E-state index is 14.6. The molecule has 1 saturated heterocycles. The Morgan fingerprint density at radius 3 is 2.85 bits per heavy atom. The Bertz CT molecular complexity index is 1160. The van der Waals surface area contributed by atoms with Crippen LogP contribution in [0.5, 0.6) is 17.2 Å². The first-order valence-corrected chi connectivity index (χ1v) is 11.6. The fourth-order valence-electron chi connectivity index (χ4n) is 4.61. The molecule has 0 aliphatic carbocycles. The summed E-state index contributed by atoms with van der Waals surface area (Å²) in [4.78, 5) is 10.8. The Labute approximate surface area is 197 Å². The number of piperidine rings is 1. The number of aromatic nitrogens is 2. The molecule has 2 atom stereocenters. The SMILES string of the molecule is COc1ccc2ncc(F)c(CCN3CC[C@@H](NCc4cc5c(cn4)OCCO5)[C@@H](O)C3)c2c1. The van der Waals surface area contributed by atoms with Gasteiger partial charge in [-0.3, -0.25) is 9.97 Å². The number of pyridine rings is 2. The number of benzene rings is 1. The number of rotatable bonds is 7. The highest BCUT2D eigenvalue weighted by Gasteiger charge is 2.27. The van der Waals surface area contributed by atoms with Crippen molar-refractivity contribution in [3.05, 3.63) is 53.7 Å². The second kappa shape index (κ2) is 10.1. The van der Waals surface area contributed by atoms with E-state index in [9.17, 15) is 9.50 Å². The third kappa shape index (κ3) is 4.91. The molecular weight excluding hydrogens is 439 g/mol. The van der Waals surface area contributed by atoms with Crippen molar-refractivity contribution in [3.8, 4) is 17.2 Å². The molecule has 5 rings (SSSR count). The van der Waals surface area contributed by atoms with Crippen molar-refractivity contribution < 1.29 is 23.7 Å². The number of nitrogens with one attached hydrogen (secondary N) is 1. The number of ether oxygens (including phenoxy) is 3. The first kappa shape index (κ1) is 22.8. The molecule has 2 aliphatic rings. The molecule has 9 heteroatoms. The van der Waals surface area contributed by atoms with Crippen molar-refractivity contribution in [3.63, 3.8) is 0 Å². The predicted octanol–water partition coefficient (Wildman–Crippen LogP) is 2.32. The number of aliphatic hydroxyl groups is 1. The molecule has 2 aliphatic heterocycles. The van der Waals surface area contributed by atoms with E-state index in [1.165, 1.54) is 6.20 Å². The van der Waals surface area contributed by atoms with Crippen molar-refractivity contribution in [1.82, 2.24) is 20.2 Å². The Balaban J connectivity index is 1.16. The molecule has 0 spiro atoms. The molecule has 4 heterocycles. The number of β-amino-alcohol motifs (C(OH)–C–C–N with tert-alkyl or cyclic N) is 1. The highest BCUT2D eigenvalue weighted by atomic mass is 19.1. The van der Waals surface area contributed by atoms with Gasteiger partial charge in [0.15, 0.2) is 11.5 Å². The van der Waals surface area contributed by atoms with Gasteiger partial charge in [-0.25, -0.2) is 4.39 Å². The average Bonchev–Trinajstić information content (AvgIpc) is 2.87. The molecule has 2 aromatic heterocycles. The summed E-state index contributed by atoms with van der Waals surface area (Å²) < 4.78 is 31.0. The number of aliphatic hydroxyl groups excluding tert-OH is 1. The van der Waals surface area contributed by atoms with E-state index in [4.69, 9.17) is 14.2 Å². The summed E-state index contributed by atoms with van der Waals surface area (Å²) in [5.41, 5.74) is 2.21. The quantitative estimate of drug-likeness (QED) is 0.546. The van der Waals surface area contributed by atoms with E-state index in [2.05, 4.69) is 20.2 Å². The topological polar surface area (TPSA) is 89.0 Å². The van der Waals surface area contributed by atoms with Crippen LogP contribution in [0.15, 0.2) is 36.7 Å². The van der Waals surface area contributed by atoms with Gasteiger partial charge in [-0.2, -0.15) is 0 Å². The standard InChI is InChI=1S/C25H29FN4O4/c1-32-17-2-3-21-19(11-17)18(20(26)13-29-21)4-6-30-7-5-22(23(31)15-30)28-12-16-10-24-25(14-27-16)34-9-8-33-24/h2-3,10-11,13-14,22-23,28,31H,4-9,12,15H2,1H3/t22-,23+/m1/s1. The number of hydrogen-bond donors (Lipinski definition) is 2. The van der Waals surface area contributed by atoms with Gasteiger partial charge in [-0.1, -0.05) is 0 Å². The van der Waals surface area contributed by atoms with E-state index >= 15 is 0 Å². The minimum Gasteiger partial charge on any atom is -0.497 e. The second-order valence-corrected chi connectivity index (χ2v) is 8.68. The van der Waals surface area contributed by atoms with E-state index in [-0.39, 0.29) is 11.9 Å². The van der Waals surface area contributed by atoms with Crippen LogP contribution in [0.2, 0.25) is 0 Å². The lowest BCUT2D eigenvalue weighted by Crippen LogP contribution is -2.52. The number of halogens is 1. The lowest BCUT2D eigenvalue weighted by atomic mass is 10.00. The summed E-state index contributed by atoms with van der Waals surface area (Å²) in [6, 6.07) is 7.35. The van der Waals surface area contributed by atoms with Crippen LogP contribution in [0.25, 0.3) is 10.9 Å². The van der Waals surface area contributed by atoms with Gasteiger partial charge in [0.25, 0.3) is 0 Å². The molecular formula is C25H29FN4O4. The van der Waals surface area contributed by atoms with Crippen LogP contribution in [0.3, 0.4) is 0 Å². The fraction of sp³-hybridized carbons (Fsp3) is 0.440. The van der Waals surface area contributed by atoms with Crippen molar-refractivity contribution in [2.75, 3.05) is 40.0 Å². The monoisotopic (exact) mass is 468 g/mol. The van der Waals surface area contributed by atoms with Gasteiger partial charge in [0, 0.05) is 42.7 Å². The molecule has 180 valence electrons. The zero-order valence-electron chi connectivity index (χ0n) is 19.2. The summed E-state index contributed by atoms with van der Waals surface area (Å²) in [6.07, 6.45) is 3.76. The minimum absolute atomic E-state index is 0.0333. The van der Waals surface area contributed by atoms with Crippen molar-refractivity contribution >= 4 is 10.9 Å². The maximum absolute atomic E-state index is 14.6. The third-order valence-electron chi connectivity index (χ3n) is 6.51. The number of nitrogens with zero attached hydrogens (tertiary/aromatic N) is 3. The lowest BCUT2D eigenvalue weighted by Gasteiger charge is -2.36. The first-order valence-electron chi connectivity index (χ1n) is 11.6. The highest BCUT2D eigenvalue weighted by Crippen LogP contribution is 2.29. The lowest BCUT2D eigenvalue weighted by molar-refractivity contribution is 0.0402. The van der Waals surface area contributed by atoms with Crippen LogP contribution in [-0.4, -0.2) is 72.1 Å². The van der Waals surface area contributed by atoms with Crippen molar-refractivity contribution in [1.29, 1.82) is 0 Å². The van der Waals surface area contributed by atoms with Gasteiger partial charge in [0.1, 0.15) is 24.8 Å². The Morgan fingerprint density at radius 1 is 1.18 bits per heavy atom. The molecule has 0 amide bonds. The Morgan fingerprint density at radius 2 is 2.03 bits per heavy atom. The maximum Gasteiger partial charge on any atom is 0.179 e. The smallest absolute Gasteiger partial charge is 0.179 e. The molecule has 34 heavy (non-hydrogen) atoms. The molecule has 2 N–H and O–H groups in total. The van der Waals surface area contributed by atoms with E-state index in [1.807, 2.05) is 24.3 Å². The molecule has 3 aromatic rings. The average molecular weight is 469 g/mol. The van der Waals surface area contributed by atoms with Crippen LogP contribution in [0, 0.1) is 5.82 Å². The van der Waals surface area contributed by atoms with Crippen molar-refractivity contribution in [2.45, 2.75) is 31.5 Å². The van der Waals surface area contributed by atoms with Gasteiger partial charge < -0.3 is 29.5 Å². The van der Waals surface area contributed by atoms with Crippen LogP contribution in [-0.2, 0) is 13.0 Å². The predicted molar refractivity (Wildman–Crippen MR) is 125 cm³/mol. The van der Waals surface area contributed by atoms with Gasteiger partial charge in [-0.15, -0.1) is 0 Å². The summed E-state index contributed by atoms with van der Waals surface area (Å²) in [6.45, 7) is 3.61. The van der Waals surface area contributed by atoms with E-state index < -0.39 is 6.10 Å². The van der Waals surface area contributed by atoms with Crippen LogP contribution < -0.4 is 19.5 Å². The van der Waals surface area contributed by atoms with Gasteiger partial charge in [0.05, 0.1) is 36.8 Å². The fourth-order valence-corrected chi connectivity index (χ4v) is 4.61. The minimum atomic E-state index is -0.523.